The van der Waals surface area contributed by atoms with Crippen molar-refractivity contribution < 1.29 is 0 Å². The molecule has 0 amide bonds. The molecular weight excluding hydrogens is 82.3 g/mol. The molecule has 0 bridgehead atoms. The summed E-state index contributed by atoms with van der Waals surface area (Å²) >= 11 is 5.12. The van der Waals surface area contributed by atoms with Crippen LogP contribution in [0.5, 0.6) is 0 Å². The fourth-order valence-electron chi connectivity index (χ4n) is 0.0891. The Morgan fingerprint density at radius 2 is 2.40 bits per heavy atom. The Bertz CT molecular complexity index is 33.9. The number of hydrogen-bond donors (Lipinski definition) is 0. The van der Waals surface area contributed by atoms with Gasteiger partial charge in [0.2, 0.25) is 0 Å². The van der Waals surface area contributed by atoms with Crippen molar-refractivity contribution in [2.45, 2.75) is 6.32 Å². The van der Waals surface area contributed by atoms with E-state index in [-0.39, 0.29) is 0 Å². The second-order valence-corrected chi connectivity index (χ2v) is 1.02. The Kier molecular flexibility index (Phi) is 4.17. The van der Waals surface area contributed by atoms with Gasteiger partial charge in [0.25, 0.3) is 0 Å². The van der Waals surface area contributed by atoms with E-state index in [1.54, 1.807) is 0 Å². The zero-order valence-electron chi connectivity index (χ0n) is 3.24. The summed E-state index contributed by atoms with van der Waals surface area (Å²) in [4.78, 5) is 0. The molecule has 0 aromatic carbocycles. The molecule has 5 heavy (non-hydrogen) atoms. The van der Waals surface area contributed by atoms with E-state index < -0.39 is 0 Å². The Balaban J connectivity index is 2.62. The van der Waals surface area contributed by atoms with Crippen molar-refractivity contribution in [1.82, 2.24) is 0 Å². The summed E-state index contributed by atoms with van der Waals surface area (Å²) < 4.78 is 0. The van der Waals surface area contributed by atoms with Gasteiger partial charge >= 0.3 is 0 Å². The Morgan fingerprint density at radius 3 is 2.40 bits per heavy atom. The lowest BCUT2D eigenvalue weighted by molar-refractivity contribution is 1.75. The zero-order valence-corrected chi connectivity index (χ0v) is 4.00. The summed E-state index contributed by atoms with van der Waals surface area (Å²) in [5, 5.41) is 0. The topological polar surface area (TPSA) is 0 Å². The smallest absolute Gasteiger partial charge is 0.0933 e. The molecule has 0 aromatic heterocycles. The second kappa shape index (κ2) is 4.09. The molecule has 28 valence electrons. The van der Waals surface area contributed by atoms with Crippen LogP contribution in [0.1, 0.15) is 0 Å². The maximum atomic E-state index is 5.12. The van der Waals surface area contributed by atoms with Crippen LogP contribution in [-0.2, 0) is 0 Å². The Labute approximate surface area is 38.2 Å². The molecule has 0 atom stereocenters. The first kappa shape index (κ1) is 5.09. The molecule has 2 heteroatoms. The van der Waals surface area contributed by atoms with Crippen molar-refractivity contribution in [1.29, 1.82) is 0 Å². The molecule has 0 saturated heterocycles. The van der Waals surface area contributed by atoms with E-state index >= 15 is 0 Å². The lowest BCUT2D eigenvalue weighted by Gasteiger charge is -1.62. The summed E-state index contributed by atoms with van der Waals surface area (Å²) in [5.41, 5.74) is 1.53. The normalized spacial score (nSPS) is 9.80. The molecular formula is C3H6BCl. The van der Waals surface area contributed by atoms with Gasteiger partial charge in [-0.1, -0.05) is 24.0 Å². The minimum Gasteiger partial charge on any atom is -0.0933 e. The molecule has 0 nitrogen and oxygen atoms in total. The van der Waals surface area contributed by atoms with Crippen molar-refractivity contribution in [2.24, 2.45) is 0 Å². The van der Waals surface area contributed by atoms with Crippen LogP contribution in [0, 0.1) is 0 Å². The predicted molar refractivity (Wildman–Crippen MR) is 28.3 cm³/mol. The maximum Gasteiger partial charge on any atom is 0.106 e. The molecule has 0 aromatic rings. The SMILES string of the molecule is BCC=CCl. The van der Waals surface area contributed by atoms with Crippen molar-refractivity contribution in [3.63, 3.8) is 0 Å². The van der Waals surface area contributed by atoms with E-state index in [0.717, 1.165) is 6.32 Å². The first-order valence-corrected chi connectivity index (χ1v) is 2.10. The van der Waals surface area contributed by atoms with Crippen LogP contribution in [0.2, 0.25) is 6.32 Å². The molecule has 0 aliphatic carbocycles. The second-order valence-electron chi connectivity index (χ2n) is 0.770. The molecule has 0 heterocycles. The average molecular weight is 88.3 g/mol. The number of rotatable bonds is 1. The standard InChI is InChI=1S/C3H6BCl/c4-2-1-3-5/h1,3H,2,4H2. The lowest BCUT2D eigenvalue weighted by atomic mass is 10.1. The van der Waals surface area contributed by atoms with Crippen LogP contribution < -0.4 is 0 Å². The average Bonchev–Trinajstić information content (AvgIpc) is 1.41. The number of allylic oxidation sites excluding steroid dienone is 1. The van der Waals surface area contributed by atoms with Crippen LogP contribution in [0.3, 0.4) is 0 Å². The van der Waals surface area contributed by atoms with Gasteiger partial charge in [-0.15, -0.1) is 0 Å². The maximum absolute atomic E-state index is 5.12. The van der Waals surface area contributed by atoms with Crippen LogP contribution in [0.4, 0.5) is 0 Å². The van der Waals surface area contributed by atoms with Gasteiger partial charge in [-0.2, -0.15) is 0 Å². The first-order chi connectivity index (χ1) is 2.41. The van der Waals surface area contributed by atoms with E-state index in [0.29, 0.717) is 0 Å². The van der Waals surface area contributed by atoms with E-state index in [4.69, 9.17) is 11.6 Å². The molecule has 0 spiro atoms. The highest BCUT2D eigenvalue weighted by Gasteiger charge is 1.55. The van der Waals surface area contributed by atoms with Gasteiger partial charge in [0, 0.05) is 0 Å². The van der Waals surface area contributed by atoms with Gasteiger partial charge in [-0.3, -0.25) is 0 Å². The quantitative estimate of drug-likeness (QED) is 0.416. The fourth-order valence-corrected chi connectivity index (χ4v) is 0.267. The van der Waals surface area contributed by atoms with E-state index in [1.165, 1.54) is 5.54 Å². The fraction of sp³-hybridized carbons (Fsp3) is 0.333. The van der Waals surface area contributed by atoms with Gasteiger partial charge in [0.05, 0.1) is 0 Å². The van der Waals surface area contributed by atoms with Crippen molar-refractivity contribution in [3.8, 4) is 0 Å². The van der Waals surface area contributed by atoms with Crippen LogP contribution in [0.25, 0.3) is 0 Å². The Morgan fingerprint density at radius 1 is 1.80 bits per heavy atom. The van der Waals surface area contributed by atoms with Gasteiger partial charge < -0.3 is 0 Å². The van der Waals surface area contributed by atoms with Crippen LogP contribution >= 0.6 is 11.6 Å². The third kappa shape index (κ3) is 4.09. The van der Waals surface area contributed by atoms with Crippen LogP contribution in [0.15, 0.2) is 11.6 Å². The van der Waals surface area contributed by atoms with Crippen molar-refractivity contribution in [3.05, 3.63) is 11.6 Å². The molecule has 0 saturated carbocycles. The lowest BCUT2D eigenvalue weighted by Crippen LogP contribution is -1.49. The van der Waals surface area contributed by atoms with E-state index in [1.807, 2.05) is 13.9 Å². The highest BCUT2D eigenvalue weighted by Crippen LogP contribution is 1.78. The number of halogens is 1. The number of hydrogen-bond acceptors (Lipinski definition) is 0. The highest BCUT2D eigenvalue weighted by atomic mass is 35.5. The van der Waals surface area contributed by atoms with Crippen LogP contribution in [-0.4, -0.2) is 7.85 Å². The van der Waals surface area contributed by atoms with Gasteiger partial charge in [-0.25, -0.2) is 0 Å². The summed E-state index contributed by atoms with van der Waals surface area (Å²) in [6, 6.07) is 0. The molecule has 0 fully saturated rings. The van der Waals surface area contributed by atoms with Gasteiger partial charge in [-0.05, 0) is 5.54 Å². The zero-order chi connectivity index (χ0) is 4.12. The predicted octanol–water partition coefficient (Wildman–Crippen LogP) is 0.790. The summed E-state index contributed by atoms with van der Waals surface area (Å²) in [6.45, 7) is 0. The summed E-state index contributed by atoms with van der Waals surface area (Å²) in [5.74, 6) is 0. The summed E-state index contributed by atoms with van der Waals surface area (Å²) in [6.07, 6.45) is 2.92. The van der Waals surface area contributed by atoms with E-state index in [2.05, 4.69) is 0 Å². The van der Waals surface area contributed by atoms with E-state index in [9.17, 15) is 0 Å². The van der Waals surface area contributed by atoms with Gasteiger partial charge in [0.15, 0.2) is 0 Å². The third-order valence-corrected chi connectivity index (χ3v) is 0.503. The minimum atomic E-state index is 1.03. The monoisotopic (exact) mass is 88.0 g/mol. The first-order valence-electron chi connectivity index (χ1n) is 1.67. The molecule has 0 radical (unpaired) electrons. The molecule has 0 aliphatic heterocycles. The molecule has 0 N–H and O–H groups in total. The highest BCUT2D eigenvalue weighted by molar-refractivity contribution is 6.25. The molecule has 0 rings (SSSR count). The largest absolute Gasteiger partial charge is 0.106 e. The minimum absolute atomic E-state index is 1.03. The summed E-state index contributed by atoms with van der Waals surface area (Å²) in [7, 11) is 2.04. The van der Waals surface area contributed by atoms with Gasteiger partial charge in [0.1, 0.15) is 7.85 Å². The molecule has 0 unspecified atom stereocenters. The molecule has 0 aliphatic rings. The third-order valence-electron chi connectivity index (χ3n) is 0.325. The van der Waals surface area contributed by atoms with Crippen molar-refractivity contribution >= 4 is 19.4 Å². The Hall–Kier alpha value is 0.0949. The van der Waals surface area contributed by atoms with Crippen molar-refractivity contribution in [2.75, 3.05) is 0 Å².